The van der Waals surface area contributed by atoms with E-state index < -0.39 is 49.4 Å². The summed E-state index contributed by atoms with van der Waals surface area (Å²) in [4.78, 5) is 11.3. The zero-order valence-corrected chi connectivity index (χ0v) is 19.0. The van der Waals surface area contributed by atoms with E-state index in [4.69, 9.17) is 24.1 Å². The zero-order valence-electron chi connectivity index (χ0n) is 19.0. The summed E-state index contributed by atoms with van der Waals surface area (Å²) >= 11 is 0. The Balaban J connectivity index is 1.84. The number of carbonyl (C=O) groups is 1. The van der Waals surface area contributed by atoms with Gasteiger partial charge in [0.1, 0.15) is 48.6 Å². The minimum atomic E-state index is -1.96. The molecule has 0 bridgehead atoms. The molecule has 0 unspecified atom stereocenters. The maximum Gasteiger partial charge on any atom is 0.331 e. The van der Waals surface area contributed by atoms with Crippen LogP contribution in [0.15, 0.2) is 42.5 Å². The van der Waals surface area contributed by atoms with Crippen LogP contribution in [0.2, 0.25) is 0 Å². The molecule has 10 heteroatoms. The van der Waals surface area contributed by atoms with Crippen molar-refractivity contribution in [1.82, 2.24) is 0 Å². The summed E-state index contributed by atoms with van der Waals surface area (Å²) in [5.41, 5.74) is 0.255. The van der Waals surface area contributed by atoms with Crippen LogP contribution in [-0.4, -0.2) is 82.0 Å². The zero-order chi connectivity index (χ0) is 24.9. The first-order chi connectivity index (χ1) is 16.2. The topological polar surface area (TPSA) is 155 Å². The van der Waals surface area contributed by atoms with E-state index >= 15 is 0 Å². The highest BCUT2D eigenvalue weighted by Gasteiger charge is 2.53. The van der Waals surface area contributed by atoms with E-state index in [9.17, 15) is 25.2 Å². The molecule has 186 valence electrons. The molecule has 34 heavy (non-hydrogen) atoms. The lowest BCUT2D eigenvalue weighted by atomic mass is 9.86. The standard InChI is InChI=1S/C24H30O10/c1-24(30)19(13-32-20(27)12-26)34-23(21(28)22(24)29)33-18-10-15(11-25)3-6-16(18)9-14-4-7-17(31-2)8-5-14/h3-8,10,19,21-23,25-26,28-30H,9,11-13H2,1-2H3/t19-,21-,22-,23-,24-/m1/s1. The fraction of sp³-hybridized carbons (Fsp3) is 0.458. The van der Waals surface area contributed by atoms with Crippen molar-refractivity contribution >= 4 is 5.97 Å². The van der Waals surface area contributed by atoms with Gasteiger partial charge in [-0.25, -0.2) is 4.79 Å². The van der Waals surface area contributed by atoms with Crippen molar-refractivity contribution in [1.29, 1.82) is 0 Å². The van der Waals surface area contributed by atoms with E-state index in [1.807, 2.05) is 24.3 Å². The molecule has 1 heterocycles. The minimum Gasteiger partial charge on any atom is -0.497 e. The summed E-state index contributed by atoms with van der Waals surface area (Å²) in [6.45, 7) is -0.353. The van der Waals surface area contributed by atoms with Crippen molar-refractivity contribution in [2.45, 2.75) is 50.2 Å². The van der Waals surface area contributed by atoms with Crippen molar-refractivity contribution < 1.29 is 49.3 Å². The Morgan fingerprint density at radius 1 is 1.09 bits per heavy atom. The summed E-state index contributed by atoms with van der Waals surface area (Å²) < 4.78 is 21.6. The van der Waals surface area contributed by atoms with Crippen molar-refractivity contribution in [2.24, 2.45) is 0 Å². The smallest absolute Gasteiger partial charge is 0.331 e. The van der Waals surface area contributed by atoms with E-state index in [1.165, 1.54) is 6.92 Å². The average Bonchev–Trinajstić information content (AvgIpc) is 2.84. The lowest BCUT2D eigenvalue weighted by Crippen LogP contribution is -2.66. The van der Waals surface area contributed by atoms with E-state index in [2.05, 4.69) is 0 Å². The SMILES string of the molecule is COc1ccc(Cc2ccc(CO)cc2O[C@@H]2O[C@H](COC(=O)CO)[C@@](C)(O)[C@H](O)[C@H]2O)cc1. The normalized spacial score (nSPS) is 26.7. The first-order valence-electron chi connectivity index (χ1n) is 10.7. The molecule has 1 aliphatic heterocycles. The van der Waals surface area contributed by atoms with Gasteiger partial charge in [-0.2, -0.15) is 0 Å². The van der Waals surface area contributed by atoms with Crippen LogP contribution in [0, 0.1) is 0 Å². The molecule has 5 atom stereocenters. The van der Waals surface area contributed by atoms with Crippen LogP contribution >= 0.6 is 0 Å². The molecule has 10 nitrogen and oxygen atoms in total. The molecule has 0 aliphatic carbocycles. The van der Waals surface area contributed by atoms with Gasteiger partial charge in [0.05, 0.1) is 13.7 Å². The first-order valence-corrected chi connectivity index (χ1v) is 10.7. The Bertz CT molecular complexity index is 959. The molecule has 0 saturated carbocycles. The highest BCUT2D eigenvalue weighted by Crippen LogP contribution is 2.33. The molecular weight excluding hydrogens is 448 g/mol. The second-order valence-electron chi connectivity index (χ2n) is 8.24. The Morgan fingerprint density at radius 3 is 2.38 bits per heavy atom. The second kappa shape index (κ2) is 11.1. The molecule has 2 aromatic carbocycles. The van der Waals surface area contributed by atoms with Crippen LogP contribution in [0.5, 0.6) is 11.5 Å². The van der Waals surface area contributed by atoms with Crippen molar-refractivity contribution in [2.75, 3.05) is 20.3 Å². The maximum absolute atomic E-state index is 11.3. The van der Waals surface area contributed by atoms with Gasteiger partial charge in [-0.15, -0.1) is 0 Å². The number of rotatable bonds is 9. The van der Waals surface area contributed by atoms with Crippen molar-refractivity contribution in [3.63, 3.8) is 0 Å². The van der Waals surface area contributed by atoms with Crippen LogP contribution in [0.4, 0.5) is 0 Å². The summed E-state index contributed by atoms with van der Waals surface area (Å²) in [5.74, 6) is 0.0738. The summed E-state index contributed by atoms with van der Waals surface area (Å²) in [6, 6.07) is 12.5. The van der Waals surface area contributed by atoms with Crippen molar-refractivity contribution in [3.8, 4) is 11.5 Å². The largest absolute Gasteiger partial charge is 0.497 e. The van der Waals surface area contributed by atoms with Gasteiger partial charge in [0.25, 0.3) is 0 Å². The van der Waals surface area contributed by atoms with E-state index in [0.29, 0.717) is 29.0 Å². The summed E-state index contributed by atoms with van der Waals surface area (Å²) in [7, 11) is 1.58. The van der Waals surface area contributed by atoms with E-state index in [1.54, 1.807) is 25.3 Å². The Morgan fingerprint density at radius 2 is 1.76 bits per heavy atom. The molecule has 0 radical (unpaired) electrons. The van der Waals surface area contributed by atoms with Crippen LogP contribution in [0.25, 0.3) is 0 Å². The average molecular weight is 478 g/mol. The lowest BCUT2D eigenvalue weighted by Gasteiger charge is -2.46. The number of benzene rings is 2. The van der Waals surface area contributed by atoms with E-state index in [-0.39, 0.29) is 6.61 Å². The molecule has 0 spiro atoms. The monoisotopic (exact) mass is 478 g/mol. The number of aliphatic hydroxyl groups is 5. The third-order valence-corrected chi connectivity index (χ3v) is 5.79. The quantitative estimate of drug-likeness (QED) is 0.308. The van der Waals surface area contributed by atoms with Gasteiger partial charge in [-0.1, -0.05) is 24.3 Å². The predicted octanol–water partition coefficient (Wildman–Crippen LogP) is -0.110. The molecule has 1 saturated heterocycles. The number of hydrogen-bond acceptors (Lipinski definition) is 10. The first kappa shape index (κ1) is 25.9. The fourth-order valence-electron chi connectivity index (χ4n) is 3.63. The molecular formula is C24H30O10. The van der Waals surface area contributed by atoms with Crippen LogP contribution in [0.1, 0.15) is 23.6 Å². The Kier molecular flexibility index (Phi) is 8.47. The second-order valence-corrected chi connectivity index (χ2v) is 8.24. The molecule has 1 fully saturated rings. The molecule has 0 amide bonds. The van der Waals surface area contributed by atoms with Crippen molar-refractivity contribution in [3.05, 3.63) is 59.2 Å². The minimum absolute atomic E-state index is 0.246. The van der Waals surface area contributed by atoms with Gasteiger partial charge in [0.15, 0.2) is 0 Å². The highest BCUT2D eigenvalue weighted by molar-refractivity contribution is 5.70. The molecule has 3 rings (SSSR count). The van der Waals surface area contributed by atoms with Crippen LogP contribution in [-0.2, 0) is 27.3 Å². The number of methoxy groups -OCH3 is 1. The highest BCUT2D eigenvalue weighted by atomic mass is 16.7. The summed E-state index contributed by atoms with van der Waals surface area (Å²) in [6.07, 6.45) is -5.54. The van der Waals surface area contributed by atoms with Crippen LogP contribution < -0.4 is 9.47 Å². The fourth-order valence-corrected chi connectivity index (χ4v) is 3.63. The van der Waals surface area contributed by atoms with Gasteiger partial charge in [0, 0.05) is 6.42 Å². The number of ether oxygens (including phenoxy) is 4. The van der Waals surface area contributed by atoms with Gasteiger partial charge < -0.3 is 44.5 Å². The van der Waals surface area contributed by atoms with E-state index in [0.717, 1.165) is 5.56 Å². The molecule has 0 aromatic heterocycles. The molecule has 5 N–H and O–H groups in total. The van der Waals surface area contributed by atoms with Crippen LogP contribution in [0.3, 0.4) is 0 Å². The van der Waals surface area contributed by atoms with Gasteiger partial charge >= 0.3 is 5.97 Å². The predicted molar refractivity (Wildman–Crippen MR) is 118 cm³/mol. The Hall–Kier alpha value is -2.73. The number of esters is 1. The van der Waals surface area contributed by atoms with Gasteiger partial charge in [0.2, 0.25) is 6.29 Å². The molecule has 1 aliphatic rings. The third kappa shape index (κ3) is 5.84. The Labute approximate surface area is 196 Å². The number of carbonyl (C=O) groups excluding carboxylic acids is 1. The van der Waals surface area contributed by atoms with Gasteiger partial charge in [-0.05, 0) is 41.8 Å². The maximum atomic E-state index is 11.3. The lowest BCUT2D eigenvalue weighted by molar-refractivity contribution is -0.309. The summed E-state index contributed by atoms with van der Waals surface area (Å²) in [5, 5.41) is 50.1. The number of hydrogen-bond donors (Lipinski definition) is 5. The molecule has 2 aromatic rings. The third-order valence-electron chi connectivity index (χ3n) is 5.79. The number of aliphatic hydroxyl groups excluding tert-OH is 4. The van der Waals surface area contributed by atoms with Gasteiger partial charge in [-0.3, -0.25) is 0 Å².